The normalized spacial score (nSPS) is 10.8. The van der Waals surface area contributed by atoms with Gasteiger partial charge in [0.2, 0.25) is 0 Å². The van der Waals surface area contributed by atoms with Gasteiger partial charge in [-0.25, -0.2) is 4.98 Å². The van der Waals surface area contributed by atoms with Gasteiger partial charge in [-0.3, -0.25) is 9.36 Å². The highest BCUT2D eigenvalue weighted by Crippen LogP contribution is 2.27. The van der Waals surface area contributed by atoms with Crippen LogP contribution in [0.15, 0.2) is 59.4 Å². The van der Waals surface area contributed by atoms with Crippen LogP contribution >= 0.6 is 0 Å². The molecular weight excluding hydrogens is 324 g/mol. The summed E-state index contributed by atoms with van der Waals surface area (Å²) in [6, 6.07) is 17.1. The van der Waals surface area contributed by atoms with Crippen molar-refractivity contribution >= 4 is 0 Å². The number of nitrogens with zero attached hydrogens (tertiary/aromatic N) is 2. The number of aromatic nitrogens is 2. The first-order valence-corrected chi connectivity index (χ1v) is 9.04. The topological polar surface area (TPSA) is 55.1 Å². The van der Waals surface area contributed by atoms with Crippen LogP contribution in [0.3, 0.4) is 0 Å². The van der Waals surface area contributed by atoms with Crippen molar-refractivity contribution in [3.8, 4) is 17.1 Å². The zero-order valence-electron chi connectivity index (χ0n) is 15.3. The Morgan fingerprint density at radius 2 is 1.69 bits per heavy atom. The first-order valence-electron chi connectivity index (χ1n) is 9.04. The Morgan fingerprint density at radius 3 is 2.38 bits per heavy atom. The van der Waals surface area contributed by atoms with Gasteiger partial charge in [-0.1, -0.05) is 55.8 Å². The van der Waals surface area contributed by atoms with Gasteiger partial charge >= 0.3 is 0 Å². The Labute approximate surface area is 153 Å². The fourth-order valence-electron chi connectivity index (χ4n) is 3.20. The number of phenolic OH excluding ortho intramolecular Hbond substituents is 1. The standard InChI is InChI=1S/C22H24N2O2/c1-3-9-18-16(2)23-21(19-12-7-8-13-20(19)25)24(22(18)26)15-14-17-10-5-4-6-11-17/h4-8,10-13,25H,3,9,14-15H2,1-2H3. The van der Waals surface area contributed by atoms with Crippen LogP contribution in [0.25, 0.3) is 11.4 Å². The maximum Gasteiger partial charge on any atom is 0.257 e. The van der Waals surface area contributed by atoms with E-state index in [9.17, 15) is 9.90 Å². The van der Waals surface area contributed by atoms with Crippen molar-refractivity contribution in [1.82, 2.24) is 9.55 Å². The Kier molecular flexibility index (Phi) is 5.52. The first-order chi connectivity index (χ1) is 12.6. The SMILES string of the molecule is CCCc1c(C)nc(-c2ccccc2O)n(CCc2ccccc2)c1=O. The van der Waals surface area contributed by atoms with E-state index in [1.54, 1.807) is 22.8 Å². The van der Waals surface area contributed by atoms with Gasteiger partial charge in [-0.05, 0) is 37.5 Å². The maximum atomic E-state index is 13.1. The molecule has 0 unspecified atom stereocenters. The van der Waals surface area contributed by atoms with Crippen molar-refractivity contribution in [3.05, 3.63) is 81.8 Å². The van der Waals surface area contributed by atoms with E-state index in [4.69, 9.17) is 4.98 Å². The minimum absolute atomic E-state index is 0.00599. The fourth-order valence-corrected chi connectivity index (χ4v) is 3.20. The predicted octanol–water partition coefficient (Wildman–Crippen LogP) is 4.12. The molecule has 0 fully saturated rings. The molecule has 134 valence electrons. The lowest BCUT2D eigenvalue weighted by Gasteiger charge is -2.16. The summed E-state index contributed by atoms with van der Waals surface area (Å²) in [5.41, 5.74) is 3.25. The first kappa shape index (κ1) is 17.9. The maximum absolute atomic E-state index is 13.1. The molecule has 0 aliphatic rings. The molecule has 0 spiro atoms. The second-order valence-corrected chi connectivity index (χ2v) is 6.46. The highest BCUT2D eigenvalue weighted by atomic mass is 16.3. The zero-order chi connectivity index (χ0) is 18.5. The lowest BCUT2D eigenvalue weighted by atomic mass is 10.1. The van der Waals surface area contributed by atoms with E-state index < -0.39 is 0 Å². The molecule has 0 amide bonds. The molecule has 0 aliphatic heterocycles. The van der Waals surface area contributed by atoms with Crippen molar-refractivity contribution in [2.24, 2.45) is 0 Å². The summed E-state index contributed by atoms with van der Waals surface area (Å²) in [4.78, 5) is 17.8. The summed E-state index contributed by atoms with van der Waals surface area (Å²) in [5.74, 6) is 0.664. The molecule has 2 aromatic carbocycles. The van der Waals surface area contributed by atoms with Gasteiger partial charge in [0, 0.05) is 17.8 Å². The smallest absolute Gasteiger partial charge is 0.257 e. The van der Waals surface area contributed by atoms with Gasteiger partial charge in [0.25, 0.3) is 5.56 Å². The number of aromatic hydroxyl groups is 1. The molecule has 0 bridgehead atoms. The van der Waals surface area contributed by atoms with Gasteiger partial charge in [-0.2, -0.15) is 0 Å². The minimum Gasteiger partial charge on any atom is -0.507 e. The molecule has 0 atom stereocenters. The number of benzene rings is 2. The van der Waals surface area contributed by atoms with Crippen LogP contribution in [0.2, 0.25) is 0 Å². The third-order valence-corrected chi connectivity index (χ3v) is 4.58. The third kappa shape index (κ3) is 3.69. The summed E-state index contributed by atoms with van der Waals surface area (Å²) >= 11 is 0. The van der Waals surface area contributed by atoms with Gasteiger partial charge in [0.1, 0.15) is 11.6 Å². The van der Waals surface area contributed by atoms with Crippen LogP contribution in [0, 0.1) is 6.92 Å². The Hall–Kier alpha value is -2.88. The van der Waals surface area contributed by atoms with Crippen molar-refractivity contribution < 1.29 is 5.11 Å². The van der Waals surface area contributed by atoms with Crippen molar-refractivity contribution in [2.45, 2.75) is 39.7 Å². The van der Waals surface area contributed by atoms with Crippen molar-refractivity contribution in [3.63, 3.8) is 0 Å². The van der Waals surface area contributed by atoms with Crippen LogP contribution in [0.4, 0.5) is 0 Å². The number of hydrogen-bond acceptors (Lipinski definition) is 3. The van der Waals surface area contributed by atoms with E-state index in [2.05, 4.69) is 19.1 Å². The summed E-state index contributed by atoms with van der Waals surface area (Å²) in [6.07, 6.45) is 2.34. The van der Waals surface area contributed by atoms with Gasteiger partial charge in [0.05, 0.1) is 5.56 Å². The lowest BCUT2D eigenvalue weighted by molar-refractivity contribution is 0.476. The Morgan fingerprint density at radius 1 is 1.00 bits per heavy atom. The van der Waals surface area contributed by atoms with Crippen molar-refractivity contribution in [2.75, 3.05) is 0 Å². The lowest BCUT2D eigenvalue weighted by Crippen LogP contribution is -2.29. The summed E-state index contributed by atoms with van der Waals surface area (Å²) in [7, 11) is 0. The van der Waals surface area contributed by atoms with Crippen LogP contribution in [0.5, 0.6) is 5.75 Å². The summed E-state index contributed by atoms with van der Waals surface area (Å²) in [5, 5.41) is 10.3. The molecule has 4 nitrogen and oxygen atoms in total. The summed E-state index contributed by atoms with van der Waals surface area (Å²) < 4.78 is 1.71. The highest BCUT2D eigenvalue weighted by Gasteiger charge is 2.17. The fraction of sp³-hybridized carbons (Fsp3) is 0.273. The average molecular weight is 348 g/mol. The largest absolute Gasteiger partial charge is 0.507 e. The molecule has 26 heavy (non-hydrogen) atoms. The molecule has 0 aliphatic carbocycles. The zero-order valence-corrected chi connectivity index (χ0v) is 15.3. The van der Waals surface area contributed by atoms with E-state index in [0.29, 0.717) is 24.4 Å². The highest BCUT2D eigenvalue weighted by molar-refractivity contribution is 5.64. The van der Waals surface area contributed by atoms with Gasteiger partial charge in [0.15, 0.2) is 0 Å². The van der Waals surface area contributed by atoms with Crippen molar-refractivity contribution in [1.29, 1.82) is 0 Å². The predicted molar refractivity (Wildman–Crippen MR) is 104 cm³/mol. The van der Waals surface area contributed by atoms with Gasteiger partial charge < -0.3 is 5.11 Å². The number of rotatable bonds is 6. The van der Waals surface area contributed by atoms with Crippen LogP contribution in [0.1, 0.15) is 30.2 Å². The molecule has 3 aromatic rings. The Balaban J connectivity index is 2.10. The molecular formula is C22H24N2O2. The van der Waals surface area contributed by atoms with Crippen LogP contribution in [-0.4, -0.2) is 14.7 Å². The number of para-hydroxylation sites is 1. The third-order valence-electron chi connectivity index (χ3n) is 4.58. The Bertz CT molecular complexity index is 946. The quantitative estimate of drug-likeness (QED) is 0.729. The van der Waals surface area contributed by atoms with E-state index >= 15 is 0 Å². The number of hydrogen-bond donors (Lipinski definition) is 1. The van der Waals surface area contributed by atoms with Crippen LogP contribution < -0.4 is 5.56 Å². The molecule has 4 heteroatoms. The van der Waals surface area contributed by atoms with Gasteiger partial charge in [-0.15, -0.1) is 0 Å². The molecule has 1 aromatic heterocycles. The molecule has 1 heterocycles. The molecule has 1 N–H and O–H groups in total. The minimum atomic E-state index is -0.00599. The van der Waals surface area contributed by atoms with E-state index in [0.717, 1.165) is 24.1 Å². The number of aryl methyl sites for hydroxylation is 2. The monoisotopic (exact) mass is 348 g/mol. The second-order valence-electron chi connectivity index (χ2n) is 6.46. The molecule has 0 saturated heterocycles. The van der Waals surface area contributed by atoms with Crippen LogP contribution in [-0.2, 0) is 19.4 Å². The molecule has 0 radical (unpaired) electrons. The average Bonchev–Trinajstić information content (AvgIpc) is 2.65. The number of phenols is 1. The second kappa shape index (κ2) is 8.00. The molecule has 3 rings (SSSR count). The van der Waals surface area contributed by atoms with E-state index in [1.807, 2.05) is 31.2 Å². The van der Waals surface area contributed by atoms with E-state index in [1.165, 1.54) is 5.56 Å². The van der Waals surface area contributed by atoms with E-state index in [-0.39, 0.29) is 11.3 Å². The molecule has 0 saturated carbocycles. The summed E-state index contributed by atoms with van der Waals surface area (Å²) in [6.45, 7) is 4.46.